The molecule has 18 heteroatoms. The van der Waals surface area contributed by atoms with E-state index in [9.17, 15) is 29.1 Å². The Morgan fingerprint density at radius 3 is 1.50 bits per heavy atom. The zero-order valence-corrected chi connectivity index (χ0v) is 57.4. The monoisotopic (exact) mass is 1280 g/mol. The van der Waals surface area contributed by atoms with E-state index in [2.05, 4.69) is 76.7 Å². The Morgan fingerprint density at radius 1 is 0.543 bits per heavy atom. The van der Waals surface area contributed by atoms with Gasteiger partial charge in [0.1, 0.15) is 23.1 Å². The Kier molecular flexibility index (Phi) is 32.7. The Labute approximate surface area is 550 Å². The smallest absolute Gasteiger partial charge is 0.242 e. The molecule has 10 unspecified atom stereocenters. The zero-order chi connectivity index (χ0) is 66.4. The number of ether oxygens (including phenoxy) is 7. The lowest BCUT2D eigenvalue weighted by molar-refractivity contribution is -0.248. The molecule has 5 N–H and O–H groups in total. The number of β-amino-alcohol motifs (C(OH)–C–C–N with tert-alkyl or cyclic N) is 1. The molecule has 0 bridgehead atoms. The Morgan fingerprint density at radius 2 is 1.00 bits per heavy atom. The zero-order valence-electron chi connectivity index (χ0n) is 57.4. The molecule has 0 aliphatic carbocycles. The molecule has 3 fully saturated rings. The van der Waals surface area contributed by atoms with Gasteiger partial charge in [-0.05, 0) is 155 Å². The van der Waals surface area contributed by atoms with Crippen LogP contribution in [-0.2, 0) is 53.3 Å². The van der Waals surface area contributed by atoms with E-state index >= 15 is 0 Å². The number of aliphatic hydroxyl groups is 1. The summed E-state index contributed by atoms with van der Waals surface area (Å²) in [6, 6.07) is 24.6. The van der Waals surface area contributed by atoms with Gasteiger partial charge >= 0.3 is 0 Å². The van der Waals surface area contributed by atoms with Gasteiger partial charge in [-0.25, -0.2) is 0 Å². The summed E-state index contributed by atoms with van der Waals surface area (Å²) in [5, 5.41) is 23.0. The number of likely N-dealkylation sites (tertiary alicyclic amines) is 1. The molecule has 18 nitrogen and oxygen atoms in total. The first-order valence-electron chi connectivity index (χ1n) is 35.0. The number of amides is 5. The van der Waals surface area contributed by atoms with Gasteiger partial charge in [0.25, 0.3) is 0 Å². The molecule has 5 amide bonds. The summed E-state index contributed by atoms with van der Waals surface area (Å²) in [6.07, 6.45) is 11.6. The van der Waals surface area contributed by atoms with E-state index in [1.165, 1.54) is 0 Å². The third-order valence-electron chi connectivity index (χ3n) is 20.0. The maximum absolute atomic E-state index is 13.8. The molecule has 3 aliphatic heterocycles. The van der Waals surface area contributed by atoms with Gasteiger partial charge in [0.15, 0.2) is 12.6 Å². The van der Waals surface area contributed by atoms with Crippen LogP contribution in [0.4, 0.5) is 0 Å². The summed E-state index contributed by atoms with van der Waals surface area (Å²) in [5.74, 6) is 3.47. The molecule has 13 atom stereocenters. The number of nitrogens with zero attached hydrogens (tertiary/aromatic N) is 1. The van der Waals surface area contributed by atoms with Crippen molar-refractivity contribution in [1.82, 2.24) is 26.2 Å². The Hall–Kier alpha value is -5.63. The van der Waals surface area contributed by atoms with Crippen LogP contribution in [0.1, 0.15) is 200 Å². The highest BCUT2D eigenvalue weighted by atomic mass is 16.7. The lowest BCUT2D eigenvalue weighted by Gasteiger charge is -2.43. The highest BCUT2D eigenvalue weighted by molar-refractivity contribution is 5.87. The van der Waals surface area contributed by atoms with Crippen LogP contribution in [0.15, 0.2) is 78.9 Å². The topological polar surface area (TPSA) is 222 Å². The number of carbonyl (C=O) groups excluding carboxylic acids is 5. The molecule has 3 aromatic rings. The normalized spacial score (nSPS) is 24.4. The van der Waals surface area contributed by atoms with Crippen molar-refractivity contribution in [2.24, 2.45) is 35.5 Å². The summed E-state index contributed by atoms with van der Waals surface area (Å²) in [5.41, 5.74) is 1.62. The van der Waals surface area contributed by atoms with Gasteiger partial charge in [-0.15, -0.1) is 0 Å². The number of nitrogens with one attached hydrogen (secondary N) is 4. The lowest BCUT2D eigenvalue weighted by Crippen LogP contribution is -2.47. The Bertz CT molecular complexity index is 2580. The van der Waals surface area contributed by atoms with Gasteiger partial charge in [0, 0.05) is 76.9 Å². The second-order valence-corrected chi connectivity index (χ2v) is 26.3. The van der Waals surface area contributed by atoms with Crippen LogP contribution in [0.2, 0.25) is 0 Å². The summed E-state index contributed by atoms with van der Waals surface area (Å²) in [4.78, 5) is 68.1. The number of carbonyl (C=O) groups is 5. The largest absolute Gasteiger partial charge is 0.497 e. The summed E-state index contributed by atoms with van der Waals surface area (Å²) < 4.78 is 43.0. The highest BCUT2D eigenvalue weighted by Crippen LogP contribution is 2.43. The van der Waals surface area contributed by atoms with Crippen LogP contribution in [0, 0.1) is 35.5 Å². The van der Waals surface area contributed by atoms with Gasteiger partial charge in [-0.2, -0.15) is 0 Å². The van der Waals surface area contributed by atoms with Gasteiger partial charge in [0.2, 0.25) is 29.5 Å². The molecule has 3 aliphatic rings. The maximum Gasteiger partial charge on any atom is 0.242 e. The molecule has 0 radical (unpaired) electrons. The number of methoxy groups -OCH3 is 2. The van der Waals surface area contributed by atoms with Gasteiger partial charge in [-0.1, -0.05) is 123 Å². The van der Waals surface area contributed by atoms with E-state index < -0.39 is 17.7 Å². The predicted molar refractivity (Wildman–Crippen MR) is 359 cm³/mol. The molecular weight excluding hydrogens is 1170 g/mol. The number of hydrogen-bond donors (Lipinski definition) is 5. The van der Waals surface area contributed by atoms with Crippen molar-refractivity contribution in [1.29, 1.82) is 0 Å². The molecule has 0 saturated carbocycles. The quantitative estimate of drug-likeness (QED) is 0.0264. The number of hydrogen-bond acceptors (Lipinski definition) is 13. The first-order valence-corrected chi connectivity index (χ1v) is 35.0. The van der Waals surface area contributed by atoms with Crippen molar-refractivity contribution >= 4 is 29.5 Å². The van der Waals surface area contributed by atoms with Crippen molar-refractivity contribution < 1.29 is 62.2 Å². The molecule has 6 rings (SSSR count). The van der Waals surface area contributed by atoms with Crippen molar-refractivity contribution in [3.8, 4) is 11.5 Å². The van der Waals surface area contributed by atoms with Crippen LogP contribution in [0.25, 0.3) is 0 Å². The standard InChI is InChI=1S/C74H115N5O13/c1-11-65-53(5)51(3)55(7)72(91-65)88-46-26-21-32-68(82)76-44-25-20-30-64(78-69(83)33-22-27-47-89-73-56(8)52(4)54(6)66(12-2)92-73)71(85)77-45-24-14-18-31-67(81)75-43-23-15-19-34-70(84)79-49-61(80)48-60(79)50-90-74(57-28-16-13-17-29-57,58-35-39-62(86-9)40-36-58)59-37-41-63(87-10)42-38-59/h13,16-17,28-29,35-42,51-56,60-61,64-66,72-73,80H,11-12,14-15,18-27,30-34,43-50H2,1-10H3,(H,75,81)(H,76,82)(H,77,85)(H,78,83)/t51?,52?,53?,54?,55?,56?,60-,61+,64-,65?,66?,72?,73?/m0/s1. The van der Waals surface area contributed by atoms with E-state index in [1.54, 1.807) is 19.1 Å². The molecule has 3 saturated heterocycles. The summed E-state index contributed by atoms with van der Waals surface area (Å²) in [6.45, 7) is 20.6. The summed E-state index contributed by atoms with van der Waals surface area (Å²) >= 11 is 0. The fraction of sp³-hybridized carbons (Fsp3) is 0.689. The number of unbranched alkanes of at least 4 members (excludes halogenated alkanes) is 7. The average Bonchev–Trinajstić information content (AvgIpc) is 0.893. The van der Waals surface area contributed by atoms with Gasteiger partial charge < -0.3 is 64.4 Å². The summed E-state index contributed by atoms with van der Waals surface area (Å²) in [7, 11) is 3.27. The third kappa shape index (κ3) is 22.8. The highest BCUT2D eigenvalue weighted by Gasteiger charge is 2.43. The second kappa shape index (κ2) is 39.9. The van der Waals surface area contributed by atoms with E-state index in [0.29, 0.717) is 157 Å². The molecule has 514 valence electrons. The number of rotatable bonds is 41. The second-order valence-electron chi connectivity index (χ2n) is 26.3. The lowest BCUT2D eigenvalue weighted by atomic mass is 9.78. The molecule has 3 aromatic carbocycles. The van der Waals surface area contributed by atoms with Crippen LogP contribution >= 0.6 is 0 Å². The van der Waals surface area contributed by atoms with Crippen LogP contribution in [-0.4, -0.2) is 143 Å². The predicted octanol–water partition coefficient (Wildman–Crippen LogP) is 11.6. The van der Waals surface area contributed by atoms with Crippen LogP contribution in [0.5, 0.6) is 11.5 Å². The minimum absolute atomic E-state index is 0.0114. The van der Waals surface area contributed by atoms with Gasteiger partial charge in [0.05, 0.1) is 45.2 Å². The first kappa shape index (κ1) is 75.4. The average molecular weight is 1280 g/mol. The maximum atomic E-state index is 13.8. The fourth-order valence-electron chi connectivity index (χ4n) is 13.4. The number of aliphatic hydroxyl groups excluding tert-OH is 1. The van der Waals surface area contributed by atoms with Crippen LogP contribution < -0.4 is 30.7 Å². The Balaban J connectivity index is 0.874. The molecule has 92 heavy (non-hydrogen) atoms. The van der Waals surface area contributed by atoms with Crippen molar-refractivity contribution in [2.75, 3.05) is 60.2 Å². The van der Waals surface area contributed by atoms with Crippen molar-refractivity contribution in [3.63, 3.8) is 0 Å². The van der Waals surface area contributed by atoms with E-state index in [0.717, 1.165) is 55.2 Å². The van der Waals surface area contributed by atoms with Crippen molar-refractivity contribution in [2.45, 2.75) is 232 Å². The molecule has 3 heterocycles. The fourth-order valence-corrected chi connectivity index (χ4v) is 13.4. The third-order valence-corrected chi connectivity index (χ3v) is 20.0. The van der Waals surface area contributed by atoms with Crippen LogP contribution in [0.3, 0.4) is 0 Å². The van der Waals surface area contributed by atoms with E-state index in [-0.39, 0.29) is 85.9 Å². The minimum atomic E-state index is -1.06. The first-order chi connectivity index (χ1) is 44.4. The number of benzene rings is 3. The van der Waals surface area contributed by atoms with E-state index in [4.69, 9.17) is 33.2 Å². The molecular formula is C74H115N5O13. The van der Waals surface area contributed by atoms with Gasteiger partial charge in [-0.3, -0.25) is 24.0 Å². The van der Waals surface area contributed by atoms with Crippen molar-refractivity contribution in [3.05, 3.63) is 95.6 Å². The molecule has 0 aromatic heterocycles. The minimum Gasteiger partial charge on any atom is -0.497 e. The molecule has 0 spiro atoms. The SMILES string of the molecule is CCC1OC(OCCCCC(=O)NCCCC[C@H](NC(=O)CCCCOC2OC(CC)C(C)C(C)C2C)C(=O)NCCCCCC(=O)NCCCCCC(=O)N2C[C@H](O)C[C@H]2COC(c2ccccc2)(c2ccc(OC)cc2)c2ccc(OC)cc2)C(C)C(C)C1C. The van der Waals surface area contributed by atoms with E-state index in [1.807, 2.05) is 78.9 Å².